The molecule has 0 aliphatic carbocycles. The zero-order valence-electron chi connectivity index (χ0n) is 12.8. The molecule has 0 fully saturated rings. The van der Waals surface area contributed by atoms with Crippen LogP contribution in [0, 0.1) is 0 Å². The van der Waals surface area contributed by atoms with E-state index < -0.39 is 0 Å². The number of rotatable bonds is 5. The Morgan fingerprint density at radius 2 is 1.86 bits per heavy atom. The van der Waals surface area contributed by atoms with Crippen molar-refractivity contribution in [2.45, 2.75) is 13.0 Å². The maximum atomic E-state index is 5.84. The predicted molar refractivity (Wildman–Crippen MR) is 87.7 cm³/mol. The second kappa shape index (κ2) is 6.50. The summed E-state index contributed by atoms with van der Waals surface area (Å²) in [6, 6.07) is 3.86. The number of likely N-dealkylation sites (N-methyl/N-ethyl adjacent to an activating group) is 1. The number of methoxy groups -OCH3 is 2. The Morgan fingerprint density at radius 1 is 1.24 bits per heavy atom. The third-order valence-electron chi connectivity index (χ3n) is 3.12. The molecule has 0 bridgehead atoms. The molecule has 2 atom stereocenters. The standard InChI is InChI=1S/C14H21AsN4O2/c1-8(16)7-19(2)14-17-10-6-12(21-4)11(20-3)5-9(10)13(15)18-14/h5-6,8H,7,15-16H2,1-4H3. The Bertz CT molecular complexity index is 648. The Hall–Kier alpha value is -1.52. The zero-order valence-corrected chi connectivity index (χ0v) is 15.2. The van der Waals surface area contributed by atoms with Crippen molar-refractivity contribution in [1.29, 1.82) is 0 Å². The summed E-state index contributed by atoms with van der Waals surface area (Å²) in [4.78, 5) is 11.1. The molecule has 6 nitrogen and oxygen atoms in total. The zero-order chi connectivity index (χ0) is 15.6. The van der Waals surface area contributed by atoms with Crippen LogP contribution in [0.3, 0.4) is 0 Å². The van der Waals surface area contributed by atoms with Crippen molar-refractivity contribution in [1.82, 2.24) is 9.97 Å². The fourth-order valence-electron chi connectivity index (χ4n) is 2.15. The summed E-state index contributed by atoms with van der Waals surface area (Å²) in [7, 11) is 5.18. The predicted octanol–water partition coefficient (Wildman–Crippen LogP) is -0.311. The van der Waals surface area contributed by atoms with Gasteiger partial charge in [0.1, 0.15) is 0 Å². The number of anilines is 1. The summed E-state index contributed by atoms with van der Waals surface area (Å²) in [5, 5.41) is 0.977. The Balaban J connectivity index is 2.54. The molecule has 0 aliphatic heterocycles. The van der Waals surface area contributed by atoms with Crippen LogP contribution < -0.4 is 24.6 Å². The van der Waals surface area contributed by atoms with Crippen LogP contribution >= 0.6 is 0 Å². The number of benzene rings is 1. The van der Waals surface area contributed by atoms with Crippen molar-refractivity contribution in [3.8, 4) is 11.5 Å². The van der Waals surface area contributed by atoms with Gasteiger partial charge in [-0.25, -0.2) is 0 Å². The first-order valence-electron chi connectivity index (χ1n) is 6.62. The van der Waals surface area contributed by atoms with Gasteiger partial charge in [-0.2, -0.15) is 0 Å². The number of nitrogens with two attached hydrogens (primary N) is 1. The summed E-state index contributed by atoms with van der Waals surface area (Å²) in [6.45, 7) is 2.66. The van der Waals surface area contributed by atoms with E-state index in [4.69, 9.17) is 15.2 Å². The van der Waals surface area contributed by atoms with Crippen LogP contribution in [0.15, 0.2) is 12.1 Å². The minimum atomic E-state index is 0.0607. The molecule has 0 saturated carbocycles. The number of nitrogens with zero attached hydrogens (tertiary/aromatic N) is 3. The van der Waals surface area contributed by atoms with Gasteiger partial charge < -0.3 is 0 Å². The molecule has 2 unspecified atom stereocenters. The monoisotopic (exact) mass is 352 g/mol. The number of aromatic nitrogens is 2. The maximum absolute atomic E-state index is 5.84. The van der Waals surface area contributed by atoms with Crippen molar-refractivity contribution >= 4 is 38.2 Å². The van der Waals surface area contributed by atoms with Crippen LogP contribution in [0.5, 0.6) is 11.5 Å². The fourth-order valence-corrected chi connectivity index (χ4v) is 2.88. The number of ether oxygens (including phenoxy) is 2. The van der Waals surface area contributed by atoms with Crippen LogP contribution in [0.4, 0.5) is 5.95 Å². The number of hydrogen-bond donors (Lipinski definition) is 1. The second-order valence-electron chi connectivity index (χ2n) is 4.99. The molecule has 114 valence electrons. The second-order valence-corrected chi connectivity index (χ2v) is 6.14. The van der Waals surface area contributed by atoms with Crippen LogP contribution in [-0.2, 0) is 0 Å². The molecule has 0 aliphatic rings. The Kier molecular flexibility index (Phi) is 4.91. The molecule has 0 radical (unpaired) electrons. The van der Waals surface area contributed by atoms with E-state index in [1.54, 1.807) is 14.2 Å². The molecule has 1 aromatic heterocycles. The van der Waals surface area contributed by atoms with Gasteiger partial charge in [-0.15, -0.1) is 0 Å². The van der Waals surface area contributed by atoms with Gasteiger partial charge in [-0.3, -0.25) is 0 Å². The molecule has 2 aromatic rings. The van der Waals surface area contributed by atoms with E-state index in [0.29, 0.717) is 24.0 Å². The average Bonchev–Trinajstić information content (AvgIpc) is 2.45. The van der Waals surface area contributed by atoms with E-state index in [9.17, 15) is 0 Å². The van der Waals surface area contributed by atoms with E-state index in [1.807, 2.05) is 31.0 Å². The van der Waals surface area contributed by atoms with Gasteiger partial charge in [0.25, 0.3) is 0 Å². The van der Waals surface area contributed by atoms with Crippen LogP contribution in [0.2, 0.25) is 0 Å². The Labute approximate surface area is 133 Å². The minimum absolute atomic E-state index is 0.0607. The number of hydrogen-bond acceptors (Lipinski definition) is 6. The first-order valence-corrected chi connectivity index (χ1v) is 7.83. The molecule has 2 N–H and O–H groups in total. The first-order chi connectivity index (χ1) is 9.96. The van der Waals surface area contributed by atoms with Crippen molar-refractivity contribution < 1.29 is 9.47 Å². The van der Waals surface area contributed by atoms with E-state index in [-0.39, 0.29) is 6.04 Å². The molecular weight excluding hydrogens is 331 g/mol. The topological polar surface area (TPSA) is 73.5 Å². The molecule has 0 saturated heterocycles. The quantitative estimate of drug-likeness (QED) is 0.745. The Morgan fingerprint density at radius 3 is 2.43 bits per heavy atom. The summed E-state index contributed by atoms with van der Waals surface area (Å²) in [5.74, 6) is 2.02. The molecule has 2 rings (SSSR count). The molecule has 21 heavy (non-hydrogen) atoms. The molecule has 7 heteroatoms. The third kappa shape index (κ3) is 3.39. The third-order valence-corrected chi connectivity index (χ3v) is 4.05. The fraction of sp³-hybridized carbons (Fsp3) is 0.429. The summed E-state index contributed by atoms with van der Waals surface area (Å²) in [6.07, 6.45) is 0. The van der Waals surface area contributed by atoms with Gasteiger partial charge in [0.2, 0.25) is 0 Å². The van der Waals surface area contributed by atoms with Crippen molar-refractivity contribution in [2.24, 2.45) is 5.73 Å². The molecular formula is C14H21AsN4O2. The molecule has 1 aromatic carbocycles. The van der Waals surface area contributed by atoms with Crippen molar-refractivity contribution in [2.75, 3.05) is 32.7 Å². The molecule has 0 spiro atoms. The van der Waals surface area contributed by atoms with Gasteiger partial charge in [-0.05, 0) is 0 Å². The van der Waals surface area contributed by atoms with Gasteiger partial charge in [0, 0.05) is 0 Å². The SMILES string of the molecule is COc1cc2nc(N(C)CC(C)N)nc([AsH2])c2cc1OC. The average molecular weight is 352 g/mol. The number of fused-ring (bicyclic) bond motifs is 1. The van der Waals surface area contributed by atoms with Crippen LogP contribution in [0.1, 0.15) is 6.92 Å². The summed E-state index contributed by atoms with van der Waals surface area (Å²) >= 11 is 1.45. The van der Waals surface area contributed by atoms with Gasteiger partial charge in [0.15, 0.2) is 0 Å². The van der Waals surface area contributed by atoms with Crippen LogP contribution in [0.25, 0.3) is 10.9 Å². The summed E-state index contributed by atoms with van der Waals surface area (Å²) in [5.41, 5.74) is 6.68. The van der Waals surface area contributed by atoms with Gasteiger partial charge in [-0.1, -0.05) is 0 Å². The normalized spacial score (nSPS) is 12.3. The first kappa shape index (κ1) is 15.9. The van der Waals surface area contributed by atoms with Gasteiger partial charge in [0.05, 0.1) is 0 Å². The van der Waals surface area contributed by atoms with E-state index in [0.717, 1.165) is 15.4 Å². The molecule has 1 heterocycles. The van der Waals surface area contributed by atoms with Crippen molar-refractivity contribution in [3.05, 3.63) is 12.1 Å². The van der Waals surface area contributed by atoms with Crippen molar-refractivity contribution in [3.63, 3.8) is 0 Å². The van der Waals surface area contributed by atoms with E-state index >= 15 is 0 Å². The van der Waals surface area contributed by atoms with E-state index in [1.165, 1.54) is 16.9 Å². The van der Waals surface area contributed by atoms with Gasteiger partial charge >= 0.3 is 133 Å². The molecule has 0 amide bonds. The van der Waals surface area contributed by atoms with Crippen LogP contribution in [-0.4, -0.2) is 60.7 Å². The van der Waals surface area contributed by atoms with E-state index in [2.05, 4.69) is 9.97 Å². The summed E-state index contributed by atoms with van der Waals surface area (Å²) < 4.78 is 11.6.